The van der Waals surface area contributed by atoms with Crippen molar-refractivity contribution in [2.24, 2.45) is 10.8 Å². The van der Waals surface area contributed by atoms with E-state index in [1.54, 1.807) is 0 Å². The van der Waals surface area contributed by atoms with Gasteiger partial charge in [-0.2, -0.15) is 0 Å². The molecule has 0 spiro atoms. The molecule has 0 aromatic heterocycles. The molecule has 31 heavy (non-hydrogen) atoms. The van der Waals surface area contributed by atoms with Crippen molar-refractivity contribution >= 4 is 11.5 Å². The van der Waals surface area contributed by atoms with Crippen LogP contribution in [0, 0.1) is 16.6 Å². The van der Waals surface area contributed by atoms with E-state index in [2.05, 4.69) is 33.8 Å². The van der Waals surface area contributed by atoms with Crippen molar-refractivity contribution in [3.63, 3.8) is 0 Å². The minimum absolute atomic E-state index is 0.0654. The molecule has 0 unspecified atom stereocenters. The van der Waals surface area contributed by atoms with Crippen molar-refractivity contribution in [2.45, 2.75) is 91.3 Å². The van der Waals surface area contributed by atoms with Gasteiger partial charge in [-0.1, -0.05) is 58.7 Å². The van der Waals surface area contributed by atoms with E-state index in [9.17, 15) is 14.3 Å². The Morgan fingerprint density at radius 3 is 2.39 bits per heavy atom. The molecule has 1 aromatic rings. The number of carbonyl (C=O) groups is 1. The van der Waals surface area contributed by atoms with Crippen LogP contribution in [-0.4, -0.2) is 23.3 Å². The zero-order valence-corrected chi connectivity index (χ0v) is 19.4. The van der Waals surface area contributed by atoms with Crippen LogP contribution in [0.4, 0.5) is 4.39 Å². The second kappa shape index (κ2) is 9.68. The smallest absolute Gasteiger partial charge is 0.309 e. The van der Waals surface area contributed by atoms with E-state index in [0.29, 0.717) is 6.42 Å². The maximum Gasteiger partial charge on any atom is 0.309 e. The third-order valence-electron chi connectivity index (χ3n) is 6.84. The predicted octanol–water partition coefficient (Wildman–Crippen LogP) is 6.61. The van der Waals surface area contributed by atoms with Gasteiger partial charge >= 0.3 is 5.97 Å². The van der Waals surface area contributed by atoms with Gasteiger partial charge in [0.1, 0.15) is 11.9 Å². The number of hydrogen-bond acceptors (Lipinski definition) is 3. The van der Waals surface area contributed by atoms with Gasteiger partial charge in [0.2, 0.25) is 0 Å². The molecule has 1 saturated heterocycles. The summed E-state index contributed by atoms with van der Waals surface area (Å²) in [6.07, 6.45) is 10.2. The van der Waals surface area contributed by atoms with Crippen LogP contribution in [0.15, 0.2) is 42.0 Å². The van der Waals surface area contributed by atoms with Crippen LogP contribution < -0.4 is 0 Å². The molecule has 0 bridgehead atoms. The highest BCUT2D eigenvalue weighted by Gasteiger charge is 2.42. The lowest BCUT2D eigenvalue weighted by molar-refractivity contribution is -0.156. The monoisotopic (exact) mass is 428 g/mol. The van der Waals surface area contributed by atoms with Crippen molar-refractivity contribution in [2.75, 3.05) is 0 Å². The van der Waals surface area contributed by atoms with Crippen molar-refractivity contribution in [3.05, 3.63) is 53.4 Å². The standard InChI is InChI=1S/C27H37FO3/c1-5-13-27(14-6-2)17-23(19-7-9-20(28)10-8-19)24(26(3,4)18-27)12-11-22-15-21(29)16-25(30)31-22/h7-12,21-22,29H,5-6,13-18H2,1-4H3/b12-11+/t21-,22-/m1/s1. The van der Waals surface area contributed by atoms with E-state index in [-0.39, 0.29) is 29.0 Å². The summed E-state index contributed by atoms with van der Waals surface area (Å²) in [6, 6.07) is 6.83. The molecule has 1 N–H and O–H groups in total. The van der Waals surface area contributed by atoms with E-state index < -0.39 is 12.2 Å². The summed E-state index contributed by atoms with van der Waals surface area (Å²) in [5, 5.41) is 9.95. The molecule has 2 aliphatic rings. The summed E-state index contributed by atoms with van der Waals surface area (Å²) in [4.78, 5) is 11.7. The van der Waals surface area contributed by atoms with Crippen molar-refractivity contribution < 1.29 is 19.0 Å². The van der Waals surface area contributed by atoms with Crippen molar-refractivity contribution in [1.29, 1.82) is 0 Å². The summed E-state index contributed by atoms with van der Waals surface area (Å²) in [5.41, 5.74) is 3.71. The Balaban J connectivity index is 2.05. The number of aliphatic hydroxyl groups excluding tert-OH is 1. The Kier molecular flexibility index (Phi) is 7.41. The predicted molar refractivity (Wildman–Crippen MR) is 123 cm³/mol. The average Bonchev–Trinajstić information content (AvgIpc) is 2.66. The second-order valence-electron chi connectivity index (χ2n) is 10.1. The molecule has 1 aromatic carbocycles. The van der Waals surface area contributed by atoms with Gasteiger partial charge in [-0.15, -0.1) is 0 Å². The zero-order chi connectivity index (χ0) is 22.6. The second-order valence-corrected chi connectivity index (χ2v) is 10.1. The number of rotatable bonds is 7. The number of esters is 1. The van der Waals surface area contributed by atoms with Gasteiger partial charge < -0.3 is 9.84 Å². The maximum absolute atomic E-state index is 13.7. The first-order valence-electron chi connectivity index (χ1n) is 11.7. The fourth-order valence-electron chi connectivity index (χ4n) is 5.88. The summed E-state index contributed by atoms with van der Waals surface area (Å²) in [7, 11) is 0. The van der Waals surface area contributed by atoms with Crippen LogP contribution in [0.1, 0.15) is 84.6 Å². The molecule has 1 fully saturated rings. The van der Waals surface area contributed by atoms with Gasteiger partial charge in [-0.05, 0) is 71.4 Å². The van der Waals surface area contributed by atoms with E-state index in [1.165, 1.54) is 36.1 Å². The molecule has 0 radical (unpaired) electrons. The molecule has 1 aliphatic heterocycles. The van der Waals surface area contributed by atoms with Gasteiger partial charge in [0.15, 0.2) is 0 Å². The minimum Gasteiger partial charge on any atom is -0.458 e. The van der Waals surface area contributed by atoms with Gasteiger partial charge in [0.05, 0.1) is 12.5 Å². The molecule has 2 atom stereocenters. The van der Waals surface area contributed by atoms with Crippen LogP contribution in [0.5, 0.6) is 0 Å². The van der Waals surface area contributed by atoms with Gasteiger partial charge in [0, 0.05) is 6.42 Å². The van der Waals surface area contributed by atoms with Crippen LogP contribution in [0.25, 0.3) is 5.57 Å². The van der Waals surface area contributed by atoms with Gasteiger partial charge in [-0.3, -0.25) is 4.79 Å². The topological polar surface area (TPSA) is 46.5 Å². The number of hydrogen-bond donors (Lipinski definition) is 1. The molecule has 170 valence electrons. The number of ether oxygens (including phenoxy) is 1. The lowest BCUT2D eigenvalue weighted by atomic mass is 9.57. The molecule has 3 nitrogen and oxygen atoms in total. The Bertz CT molecular complexity index is 829. The largest absolute Gasteiger partial charge is 0.458 e. The normalized spacial score (nSPS) is 25.7. The lowest BCUT2D eigenvalue weighted by Gasteiger charge is -2.47. The summed E-state index contributed by atoms with van der Waals surface area (Å²) in [6.45, 7) is 9.09. The number of benzene rings is 1. The average molecular weight is 429 g/mol. The Morgan fingerprint density at radius 2 is 1.81 bits per heavy atom. The molecular weight excluding hydrogens is 391 g/mol. The summed E-state index contributed by atoms with van der Waals surface area (Å²) in [5.74, 6) is -0.582. The molecule has 0 amide bonds. The van der Waals surface area contributed by atoms with Crippen LogP contribution >= 0.6 is 0 Å². The first-order chi connectivity index (χ1) is 14.7. The number of allylic oxidation sites excluding steroid dienone is 3. The number of carbonyl (C=O) groups excluding carboxylic acids is 1. The van der Waals surface area contributed by atoms with Crippen LogP contribution in [-0.2, 0) is 9.53 Å². The molecular formula is C27H37FO3. The van der Waals surface area contributed by atoms with E-state index in [1.807, 2.05) is 18.2 Å². The first kappa shape index (κ1) is 23.7. The van der Waals surface area contributed by atoms with Crippen molar-refractivity contribution in [3.8, 4) is 0 Å². The molecule has 3 rings (SSSR count). The van der Waals surface area contributed by atoms with Gasteiger partial charge in [-0.25, -0.2) is 4.39 Å². The molecule has 1 heterocycles. The minimum atomic E-state index is -0.650. The van der Waals surface area contributed by atoms with E-state index >= 15 is 0 Å². The molecule has 0 saturated carbocycles. The first-order valence-corrected chi connectivity index (χ1v) is 11.7. The fourth-order valence-corrected chi connectivity index (χ4v) is 5.88. The number of halogens is 1. The fraction of sp³-hybridized carbons (Fsp3) is 0.593. The third-order valence-corrected chi connectivity index (χ3v) is 6.84. The maximum atomic E-state index is 13.7. The number of cyclic esters (lactones) is 1. The Morgan fingerprint density at radius 1 is 1.16 bits per heavy atom. The number of aliphatic hydroxyl groups is 1. The Labute approximate surface area is 186 Å². The van der Waals surface area contributed by atoms with Crippen LogP contribution in [0.2, 0.25) is 0 Å². The quantitative estimate of drug-likeness (QED) is 0.497. The molecule has 4 heteroatoms. The SMILES string of the molecule is CCCC1(CCC)CC(c2ccc(F)cc2)=C(/C=C/[C@@H]2C[C@@H](O)CC(=O)O2)C(C)(C)C1. The summed E-state index contributed by atoms with van der Waals surface area (Å²) < 4.78 is 19.1. The Hall–Kier alpha value is -1.94. The third kappa shape index (κ3) is 5.65. The highest BCUT2D eigenvalue weighted by molar-refractivity contribution is 5.74. The highest BCUT2D eigenvalue weighted by atomic mass is 19.1. The highest BCUT2D eigenvalue weighted by Crippen LogP contribution is 2.56. The van der Waals surface area contributed by atoms with Crippen LogP contribution in [0.3, 0.4) is 0 Å². The van der Waals surface area contributed by atoms with Crippen molar-refractivity contribution in [1.82, 2.24) is 0 Å². The van der Waals surface area contributed by atoms with E-state index in [0.717, 1.165) is 31.2 Å². The summed E-state index contributed by atoms with van der Waals surface area (Å²) >= 11 is 0. The van der Waals surface area contributed by atoms with E-state index in [4.69, 9.17) is 4.74 Å². The van der Waals surface area contributed by atoms with Gasteiger partial charge in [0.25, 0.3) is 0 Å². The molecule has 1 aliphatic carbocycles. The lowest BCUT2D eigenvalue weighted by Crippen LogP contribution is -2.35. The zero-order valence-electron chi connectivity index (χ0n) is 19.4.